The van der Waals surface area contributed by atoms with Gasteiger partial charge >= 0.3 is 5.97 Å². The summed E-state index contributed by atoms with van der Waals surface area (Å²) in [4.78, 5) is 10.8. The Hall–Kier alpha value is -1.92. The van der Waals surface area contributed by atoms with E-state index in [1.165, 1.54) is 30.3 Å². The fourth-order valence-corrected chi connectivity index (χ4v) is 3.35. The highest BCUT2D eigenvalue weighted by Gasteiger charge is 2.20. The summed E-state index contributed by atoms with van der Waals surface area (Å²) in [5.74, 6) is -2.52. The Balaban J connectivity index is 2.43. The van der Waals surface area contributed by atoms with Crippen LogP contribution >= 0.6 is 11.6 Å². The Bertz CT molecular complexity index is 802. The lowest BCUT2D eigenvalue weighted by atomic mass is 10.2. The van der Waals surface area contributed by atoms with Crippen molar-refractivity contribution in [2.45, 2.75) is 10.6 Å². The van der Waals surface area contributed by atoms with E-state index < -0.39 is 27.4 Å². The first-order valence-electron chi connectivity index (χ1n) is 5.80. The number of halogens is 2. The summed E-state index contributed by atoms with van der Waals surface area (Å²) in [6.45, 7) is 0. The molecule has 0 amide bonds. The number of rotatable bonds is 4. The normalized spacial score (nSPS) is 11.3. The summed E-state index contributed by atoms with van der Waals surface area (Å²) in [6, 6.07) is 8.87. The molecule has 0 atom stereocenters. The van der Waals surface area contributed by atoms with E-state index in [0.717, 1.165) is 12.1 Å². The zero-order chi connectivity index (χ0) is 15.6. The number of aromatic carboxylic acids is 1. The highest BCUT2D eigenvalue weighted by Crippen LogP contribution is 2.23. The molecule has 21 heavy (non-hydrogen) atoms. The Kier molecular flexibility index (Phi) is 4.29. The maximum atomic E-state index is 13.5. The van der Waals surface area contributed by atoms with Crippen LogP contribution in [0.25, 0.3) is 0 Å². The molecule has 0 aliphatic carbocycles. The van der Waals surface area contributed by atoms with E-state index >= 15 is 0 Å². The van der Waals surface area contributed by atoms with Gasteiger partial charge in [0.2, 0.25) is 0 Å². The van der Waals surface area contributed by atoms with E-state index in [9.17, 15) is 17.6 Å². The van der Waals surface area contributed by atoms with Gasteiger partial charge in [-0.2, -0.15) is 0 Å². The van der Waals surface area contributed by atoms with Gasteiger partial charge < -0.3 is 5.11 Å². The molecule has 1 N–H and O–H groups in total. The van der Waals surface area contributed by atoms with Crippen LogP contribution in [-0.4, -0.2) is 19.5 Å². The molecule has 0 fully saturated rings. The molecule has 2 rings (SSSR count). The van der Waals surface area contributed by atoms with Crippen molar-refractivity contribution in [3.05, 3.63) is 64.4 Å². The first-order chi connectivity index (χ1) is 9.81. The van der Waals surface area contributed by atoms with Crippen molar-refractivity contribution in [1.82, 2.24) is 0 Å². The van der Waals surface area contributed by atoms with Gasteiger partial charge in [0.05, 0.1) is 21.2 Å². The maximum Gasteiger partial charge on any atom is 0.337 e. The van der Waals surface area contributed by atoms with E-state index in [4.69, 9.17) is 16.7 Å². The number of carbonyl (C=O) groups is 1. The number of carboxylic acids is 1. The van der Waals surface area contributed by atoms with Gasteiger partial charge in [0.25, 0.3) is 0 Å². The molecule has 0 aromatic heterocycles. The summed E-state index contributed by atoms with van der Waals surface area (Å²) in [7, 11) is -3.87. The van der Waals surface area contributed by atoms with Crippen LogP contribution in [-0.2, 0) is 15.6 Å². The fourth-order valence-electron chi connectivity index (χ4n) is 1.77. The molecule has 0 radical (unpaired) electrons. The molecule has 4 nitrogen and oxygen atoms in total. The number of benzene rings is 2. The molecular weight excluding hydrogens is 319 g/mol. The number of sulfone groups is 1. The van der Waals surface area contributed by atoms with Crippen molar-refractivity contribution < 1.29 is 22.7 Å². The third-order valence-electron chi connectivity index (χ3n) is 2.83. The molecule has 110 valence electrons. The molecule has 0 unspecified atom stereocenters. The SMILES string of the molecule is O=C(O)c1cc(S(=O)(=O)Cc2ccccc2F)ccc1Cl. The van der Waals surface area contributed by atoms with Gasteiger partial charge in [0.15, 0.2) is 9.84 Å². The zero-order valence-electron chi connectivity index (χ0n) is 10.6. The molecule has 0 spiro atoms. The monoisotopic (exact) mass is 328 g/mol. The predicted molar refractivity (Wildman–Crippen MR) is 75.7 cm³/mol. The molecule has 2 aromatic rings. The largest absolute Gasteiger partial charge is 0.478 e. The van der Waals surface area contributed by atoms with E-state index in [1.807, 2.05) is 0 Å². The van der Waals surface area contributed by atoms with Crippen molar-refractivity contribution in [3.63, 3.8) is 0 Å². The number of hydrogen-bond donors (Lipinski definition) is 1. The van der Waals surface area contributed by atoms with E-state index in [1.54, 1.807) is 0 Å². The van der Waals surface area contributed by atoms with Crippen LogP contribution < -0.4 is 0 Å². The first-order valence-corrected chi connectivity index (χ1v) is 7.83. The number of hydrogen-bond acceptors (Lipinski definition) is 3. The van der Waals surface area contributed by atoms with Gasteiger partial charge in [-0.25, -0.2) is 17.6 Å². The van der Waals surface area contributed by atoms with Crippen LogP contribution in [0.4, 0.5) is 4.39 Å². The van der Waals surface area contributed by atoms with E-state index in [-0.39, 0.29) is 21.0 Å². The minimum atomic E-state index is -3.87. The van der Waals surface area contributed by atoms with Crippen molar-refractivity contribution >= 4 is 27.4 Å². The highest BCUT2D eigenvalue weighted by atomic mass is 35.5. The maximum absolute atomic E-state index is 13.5. The van der Waals surface area contributed by atoms with Crippen LogP contribution in [0.15, 0.2) is 47.4 Å². The lowest BCUT2D eigenvalue weighted by Crippen LogP contribution is -2.08. The summed E-state index contributed by atoms with van der Waals surface area (Å²) in [6.07, 6.45) is 0. The van der Waals surface area contributed by atoms with E-state index in [2.05, 4.69) is 0 Å². The molecule has 7 heteroatoms. The summed E-state index contributed by atoms with van der Waals surface area (Å²) in [5, 5.41) is 8.89. The minimum Gasteiger partial charge on any atom is -0.478 e. The van der Waals surface area contributed by atoms with Crippen LogP contribution in [0.3, 0.4) is 0 Å². The van der Waals surface area contributed by atoms with Crippen LogP contribution in [0.2, 0.25) is 5.02 Å². The van der Waals surface area contributed by atoms with Crippen molar-refractivity contribution in [2.75, 3.05) is 0 Å². The van der Waals surface area contributed by atoms with Crippen molar-refractivity contribution in [3.8, 4) is 0 Å². The molecular formula is C14H10ClFO4S. The topological polar surface area (TPSA) is 71.4 Å². The van der Waals surface area contributed by atoms with Crippen LogP contribution in [0.1, 0.15) is 15.9 Å². The molecule has 0 aliphatic rings. The third kappa shape index (κ3) is 3.40. The Morgan fingerprint density at radius 1 is 1.19 bits per heavy atom. The van der Waals surface area contributed by atoms with Crippen LogP contribution in [0, 0.1) is 5.82 Å². The molecule has 0 bridgehead atoms. The average molecular weight is 329 g/mol. The molecule has 0 heterocycles. The standard InChI is InChI=1S/C14H10ClFO4S/c15-12-6-5-10(7-11(12)14(17)18)21(19,20)8-9-3-1-2-4-13(9)16/h1-7H,8H2,(H,17,18). The van der Waals surface area contributed by atoms with Gasteiger partial charge in [-0.15, -0.1) is 0 Å². The Morgan fingerprint density at radius 3 is 2.48 bits per heavy atom. The minimum absolute atomic E-state index is 0.0179. The zero-order valence-corrected chi connectivity index (χ0v) is 12.2. The predicted octanol–water partition coefficient (Wildman–Crippen LogP) is 3.15. The van der Waals surface area contributed by atoms with E-state index in [0.29, 0.717) is 0 Å². The molecule has 0 aliphatic heterocycles. The van der Waals surface area contributed by atoms with Gasteiger partial charge in [-0.1, -0.05) is 29.8 Å². The fraction of sp³-hybridized carbons (Fsp3) is 0.0714. The number of carboxylic acid groups (broad SMARTS) is 1. The smallest absolute Gasteiger partial charge is 0.337 e. The second kappa shape index (κ2) is 5.83. The first kappa shape index (κ1) is 15.5. The molecule has 0 saturated carbocycles. The second-order valence-electron chi connectivity index (χ2n) is 4.30. The molecule has 0 saturated heterocycles. The lowest BCUT2D eigenvalue weighted by Gasteiger charge is -2.07. The van der Waals surface area contributed by atoms with Gasteiger partial charge in [0.1, 0.15) is 5.82 Å². The summed E-state index contributed by atoms with van der Waals surface area (Å²) >= 11 is 5.69. The van der Waals surface area contributed by atoms with Gasteiger partial charge in [-0.05, 0) is 24.3 Å². The van der Waals surface area contributed by atoms with Gasteiger partial charge in [0, 0.05) is 5.56 Å². The lowest BCUT2D eigenvalue weighted by molar-refractivity contribution is 0.0697. The third-order valence-corrected chi connectivity index (χ3v) is 4.82. The average Bonchev–Trinajstić information content (AvgIpc) is 2.41. The quantitative estimate of drug-likeness (QED) is 0.935. The second-order valence-corrected chi connectivity index (χ2v) is 6.69. The highest BCUT2D eigenvalue weighted by molar-refractivity contribution is 7.90. The Labute approximate surface area is 125 Å². The summed E-state index contributed by atoms with van der Waals surface area (Å²) < 4.78 is 38.0. The van der Waals surface area contributed by atoms with Crippen LogP contribution in [0.5, 0.6) is 0 Å². The summed E-state index contributed by atoms with van der Waals surface area (Å²) in [5.41, 5.74) is -0.296. The Morgan fingerprint density at radius 2 is 1.86 bits per heavy atom. The molecule has 2 aromatic carbocycles. The van der Waals surface area contributed by atoms with Gasteiger partial charge in [-0.3, -0.25) is 0 Å². The van der Waals surface area contributed by atoms with Crippen molar-refractivity contribution in [1.29, 1.82) is 0 Å². The van der Waals surface area contributed by atoms with Crippen molar-refractivity contribution in [2.24, 2.45) is 0 Å².